The zero-order valence-corrected chi connectivity index (χ0v) is 11.7. The first kappa shape index (κ1) is 17.4. The number of benzene rings is 2. The topological polar surface area (TPSA) is 58.2 Å². The maximum Gasteiger partial charge on any atom is 0.315 e. The minimum absolute atomic E-state index is 0.0155. The number of rotatable bonds is 4. The molecule has 0 unspecified atom stereocenters. The van der Waals surface area contributed by atoms with Crippen molar-refractivity contribution >= 4 is 23.2 Å². The van der Waals surface area contributed by atoms with Crippen LogP contribution in [0.2, 0.25) is 0 Å². The number of alkyl halides is 2. The molecule has 0 saturated carbocycles. The monoisotopic (exact) mass is 344 g/mol. The van der Waals surface area contributed by atoms with Gasteiger partial charge in [-0.3, -0.25) is 9.59 Å². The normalized spacial score (nSPS) is 10.6. The lowest BCUT2D eigenvalue weighted by Crippen LogP contribution is -2.22. The highest BCUT2D eigenvalue weighted by atomic mass is 19.3. The standard InChI is InChI=1S/C15H9F5N2O2/c16-8-3-1-7(2-4-8)14(23)21-10-6-5-9(17)12(11(10)18)22-15(24)13(19)20/h1-6,13H,(H,21,23)(H,22,24). The quantitative estimate of drug-likeness (QED) is 0.834. The lowest BCUT2D eigenvalue weighted by atomic mass is 10.2. The number of hydrogen-bond acceptors (Lipinski definition) is 2. The van der Waals surface area contributed by atoms with Crippen LogP contribution in [0.15, 0.2) is 36.4 Å². The number of carbonyl (C=O) groups is 2. The Hall–Kier alpha value is -2.97. The molecule has 0 heterocycles. The van der Waals surface area contributed by atoms with Crippen LogP contribution in [0, 0.1) is 17.5 Å². The first-order valence-electron chi connectivity index (χ1n) is 6.43. The molecule has 0 fully saturated rings. The fourth-order valence-electron chi connectivity index (χ4n) is 1.74. The van der Waals surface area contributed by atoms with Gasteiger partial charge in [0, 0.05) is 5.56 Å². The van der Waals surface area contributed by atoms with Gasteiger partial charge in [0.05, 0.1) is 5.69 Å². The minimum Gasteiger partial charge on any atom is -0.319 e. The van der Waals surface area contributed by atoms with Crippen molar-refractivity contribution in [2.45, 2.75) is 6.43 Å². The van der Waals surface area contributed by atoms with Crippen molar-refractivity contribution in [3.8, 4) is 0 Å². The summed E-state index contributed by atoms with van der Waals surface area (Å²) in [5.41, 5.74) is -1.68. The molecule has 0 spiro atoms. The molecule has 0 aromatic heterocycles. The number of carbonyl (C=O) groups excluding carboxylic acids is 2. The summed E-state index contributed by atoms with van der Waals surface area (Å²) in [5.74, 6) is -6.04. The van der Waals surface area contributed by atoms with Gasteiger partial charge in [0.2, 0.25) is 0 Å². The van der Waals surface area contributed by atoms with E-state index in [2.05, 4.69) is 5.32 Å². The minimum atomic E-state index is -3.47. The molecule has 24 heavy (non-hydrogen) atoms. The average Bonchev–Trinajstić information content (AvgIpc) is 2.54. The second-order valence-corrected chi connectivity index (χ2v) is 4.53. The van der Waals surface area contributed by atoms with E-state index >= 15 is 0 Å². The summed E-state index contributed by atoms with van der Waals surface area (Å²) in [6.07, 6.45) is -3.47. The fourth-order valence-corrected chi connectivity index (χ4v) is 1.74. The third-order valence-electron chi connectivity index (χ3n) is 2.89. The Balaban J connectivity index is 2.26. The Morgan fingerprint density at radius 3 is 2.08 bits per heavy atom. The molecule has 0 bridgehead atoms. The van der Waals surface area contributed by atoms with Crippen molar-refractivity contribution in [1.82, 2.24) is 0 Å². The predicted molar refractivity (Wildman–Crippen MR) is 75.3 cm³/mol. The number of nitrogens with one attached hydrogen (secondary N) is 2. The van der Waals surface area contributed by atoms with Crippen molar-refractivity contribution in [3.05, 3.63) is 59.4 Å². The summed E-state index contributed by atoms with van der Waals surface area (Å²) in [6.45, 7) is 0. The van der Waals surface area contributed by atoms with E-state index in [1.165, 1.54) is 5.32 Å². The van der Waals surface area contributed by atoms with E-state index in [0.717, 1.165) is 30.3 Å². The van der Waals surface area contributed by atoms with E-state index in [-0.39, 0.29) is 5.56 Å². The lowest BCUT2D eigenvalue weighted by Gasteiger charge is -2.12. The Labute approximate surface area is 132 Å². The van der Waals surface area contributed by atoms with Gasteiger partial charge in [-0.1, -0.05) is 0 Å². The molecule has 0 aliphatic carbocycles. The number of hydrogen-bond donors (Lipinski definition) is 2. The van der Waals surface area contributed by atoms with Crippen LogP contribution in [0.4, 0.5) is 33.3 Å². The van der Waals surface area contributed by atoms with Gasteiger partial charge >= 0.3 is 6.43 Å². The van der Waals surface area contributed by atoms with Crippen molar-refractivity contribution in [2.75, 3.05) is 10.6 Å². The van der Waals surface area contributed by atoms with Gasteiger partial charge in [-0.05, 0) is 36.4 Å². The molecule has 0 radical (unpaired) electrons. The molecule has 0 aliphatic heterocycles. The molecule has 2 rings (SSSR count). The zero-order valence-electron chi connectivity index (χ0n) is 11.7. The van der Waals surface area contributed by atoms with Crippen molar-refractivity contribution < 1.29 is 31.5 Å². The predicted octanol–water partition coefficient (Wildman–Crippen LogP) is 3.56. The molecule has 0 atom stereocenters. The Morgan fingerprint density at radius 2 is 1.50 bits per heavy atom. The van der Waals surface area contributed by atoms with E-state index in [1.807, 2.05) is 0 Å². The number of anilines is 2. The molecule has 2 aromatic carbocycles. The highest BCUT2D eigenvalue weighted by Crippen LogP contribution is 2.26. The van der Waals surface area contributed by atoms with E-state index in [0.29, 0.717) is 6.07 Å². The molecule has 2 aromatic rings. The van der Waals surface area contributed by atoms with E-state index in [9.17, 15) is 31.5 Å². The lowest BCUT2D eigenvalue weighted by molar-refractivity contribution is -0.126. The summed E-state index contributed by atoms with van der Waals surface area (Å²) in [4.78, 5) is 22.8. The molecule has 9 heteroatoms. The van der Waals surface area contributed by atoms with E-state index in [4.69, 9.17) is 0 Å². The van der Waals surface area contributed by atoms with Crippen LogP contribution in [-0.2, 0) is 4.79 Å². The third-order valence-corrected chi connectivity index (χ3v) is 2.89. The average molecular weight is 344 g/mol. The first-order chi connectivity index (χ1) is 11.3. The van der Waals surface area contributed by atoms with Crippen molar-refractivity contribution in [1.29, 1.82) is 0 Å². The van der Waals surface area contributed by atoms with Gasteiger partial charge < -0.3 is 10.6 Å². The van der Waals surface area contributed by atoms with Gasteiger partial charge in [0.15, 0.2) is 5.82 Å². The highest BCUT2D eigenvalue weighted by Gasteiger charge is 2.22. The van der Waals surface area contributed by atoms with Gasteiger partial charge in [-0.2, -0.15) is 8.78 Å². The molecule has 2 amide bonds. The van der Waals surface area contributed by atoms with Crippen LogP contribution >= 0.6 is 0 Å². The summed E-state index contributed by atoms with van der Waals surface area (Å²) in [5, 5.41) is 3.47. The molecule has 2 N–H and O–H groups in total. The van der Waals surface area contributed by atoms with Gasteiger partial charge in [-0.15, -0.1) is 0 Å². The zero-order chi connectivity index (χ0) is 17.9. The maximum absolute atomic E-state index is 14.1. The molecule has 4 nitrogen and oxygen atoms in total. The van der Waals surface area contributed by atoms with Gasteiger partial charge in [-0.25, -0.2) is 13.2 Å². The van der Waals surface area contributed by atoms with Crippen molar-refractivity contribution in [3.63, 3.8) is 0 Å². The highest BCUT2D eigenvalue weighted by molar-refractivity contribution is 6.04. The van der Waals surface area contributed by atoms with Crippen molar-refractivity contribution in [2.24, 2.45) is 0 Å². The third kappa shape index (κ3) is 3.86. The Morgan fingerprint density at radius 1 is 0.875 bits per heavy atom. The summed E-state index contributed by atoms with van der Waals surface area (Å²) >= 11 is 0. The second kappa shape index (κ2) is 7.07. The van der Waals surface area contributed by atoms with Crippen LogP contribution < -0.4 is 10.6 Å². The van der Waals surface area contributed by atoms with E-state index in [1.54, 1.807) is 0 Å². The van der Waals surface area contributed by atoms with Gasteiger partial charge in [0.25, 0.3) is 11.8 Å². The Bertz CT molecular complexity index is 778. The largest absolute Gasteiger partial charge is 0.319 e. The second-order valence-electron chi connectivity index (χ2n) is 4.53. The fraction of sp³-hybridized carbons (Fsp3) is 0.0667. The number of halogens is 5. The SMILES string of the molecule is O=C(Nc1ccc(F)c(NC(=O)C(F)F)c1F)c1ccc(F)cc1. The maximum atomic E-state index is 14.1. The smallest absolute Gasteiger partial charge is 0.315 e. The molecular weight excluding hydrogens is 335 g/mol. The van der Waals surface area contributed by atoms with Crippen LogP contribution in [-0.4, -0.2) is 18.2 Å². The Kier molecular flexibility index (Phi) is 5.12. The van der Waals surface area contributed by atoms with E-state index < -0.39 is 47.1 Å². The number of amides is 2. The molecule has 0 saturated heterocycles. The summed E-state index contributed by atoms with van der Waals surface area (Å²) in [6, 6.07) is 5.81. The first-order valence-corrected chi connectivity index (χ1v) is 6.43. The van der Waals surface area contributed by atoms with Crippen LogP contribution in [0.1, 0.15) is 10.4 Å². The van der Waals surface area contributed by atoms with Crippen LogP contribution in [0.3, 0.4) is 0 Å². The van der Waals surface area contributed by atoms with Gasteiger partial charge in [0.1, 0.15) is 17.3 Å². The molecular formula is C15H9F5N2O2. The summed E-state index contributed by atoms with van der Waals surface area (Å²) < 4.78 is 64.8. The summed E-state index contributed by atoms with van der Waals surface area (Å²) in [7, 11) is 0. The molecule has 126 valence electrons. The van der Waals surface area contributed by atoms with Crippen LogP contribution in [0.25, 0.3) is 0 Å². The van der Waals surface area contributed by atoms with Crippen LogP contribution in [0.5, 0.6) is 0 Å². The molecule has 0 aliphatic rings.